The Labute approximate surface area is 115 Å². The molecule has 0 aromatic heterocycles. The van der Waals surface area contributed by atoms with E-state index in [2.05, 4.69) is 15.9 Å². The Bertz CT molecular complexity index is 473. The Morgan fingerprint density at radius 2 is 2.28 bits per heavy atom. The summed E-state index contributed by atoms with van der Waals surface area (Å²) in [4.78, 5) is 25.8. The quantitative estimate of drug-likeness (QED) is 0.804. The number of hydrogen-bond donors (Lipinski definition) is 0. The number of benzene rings is 1. The molecule has 1 atom stereocenters. The topological polar surface area (TPSA) is 37.4 Å². The van der Waals surface area contributed by atoms with Gasteiger partial charge in [0.1, 0.15) is 5.78 Å². The van der Waals surface area contributed by atoms with Crippen molar-refractivity contribution in [1.29, 1.82) is 0 Å². The van der Waals surface area contributed by atoms with Crippen LogP contribution in [0.1, 0.15) is 26.2 Å². The molecule has 2 rings (SSSR count). The maximum absolute atomic E-state index is 12.3. The second-order valence-electron chi connectivity index (χ2n) is 4.48. The fraction of sp³-hybridized carbons (Fsp3) is 0.429. The van der Waals surface area contributed by atoms with E-state index in [1.54, 1.807) is 4.90 Å². The summed E-state index contributed by atoms with van der Waals surface area (Å²) >= 11 is 3.40. The van der Waals surface area contributed by atoms with E-state index in [9.17, 15) is 9.59 Å². The van der Waals surface area contributed by atoms with Crippen LogP contribution < -0.4 is 4.90 Å². The summed E-state index contributed by atoms with van der Waals surface area (Å²) < 4.78 is 0.941. The molecule has 18 heavy (non-hydrogen) atoms. The highest BCUT2D eigenvalue weighted by Gasteiger charge is 2.33. The Hall–Kier alpha value is -1.16. The summed E-state index contributed by atoms with van der Waals surface area (Å²) in [7, 11) is 0. The molecule has 1 aliphatic rings. The van der Waals surface area contributed by atoms with Gasteiger partial charge in [0.25, 0.3) is 0 Å². The smallest absolute Gasteiger partial charge is 0.237 e. The summed E-state index contributed by atoms with van der Waals surface area (Å²) in [5.41, 5.74) is 0.864. The molecule has 96 valence electrons. The van der Waals surface area contributed by atoms with Gasteiger partial charge in [0, 0.05) is 23.1 Å². The van der Waals surface area contributed by atoms with Crippen LogP contribution in [0.2, 0.25) is 0 Å². The van der Waals surface area contributed by atoms with Crippen LogP contribution in [0.15, 0.2) is 28.7 Å². The highest BCUT2D eigenvalue weighted by Crippen LogP contribution is 2.27. The lowest BCUT2D eigenvalue weighted by Crippen LogP contribution is -2.44. The van der Waals surface area contributed by atoms with Crippen molar-refractivity contribution >= 4 is 33.3 Å². The van der Waals surface area contributed by atoms with Crippen LogP contribution in [0.25, 0.3) is 0 Å². The third kappa shape index (κ3) is 2.64. The number of hydrogen-bond acceptors (Lipinski definition) is 2. The fourth-order valence-corrected chi connectivity index (χ4v) is 2.71. The number of rotatable bonds is 3. The number of halogens is 1. The Morgan fingerprint density at radius 3 is 2.94 bits per heavy atom. The average Bonchev–Trinajstić information content (AvgIpc) is 2.38. The third-order valence-electron chi connectivity index (χ3n) is 3.30. The third-order valence-corrected chi connectivity index (χ3v) is 3.79. The van der Waals surface area contributed by atoms with Gasteiger partial charge in [-0.2, -0.15) is 0 Å². The van der Waals surface area contributed by atoms with E-state index in [1.807, 2.05) is 31.2 Å². The zero-order valence-electron chi connectivity index (χ0n) is 10.4. The molecule has 3 nitrogen and oxygen atoms in total. The van der Waals surface area contributed by atoms with Crippen LogP contribution in [0.4, 0.5) is 5.69 Å². The number of nitrogens with zero attached hydrogens (tertiary/aromatic N) is 1. The second-order valence-corrected chi connectivity index (χ2v) is 5.40. The van der Waals surface area contributed by atoms with Gasteiger partial charge >= 0.3 is 0 Å². The molecular weight excluding hydrogens is 294 g/mol. The van der Waals surface area contributed by atoms with Gasteiger partial charge in [-0.1, -0.05) is 28.9 Å². The van der Waals surface area contributed by atoms with E-state index in [4.69, 9.17) is 0 Å². The maximum atomic E-state index is 12.3. The first-order chi connectivity index (χ1) is 8.63. The van der Waals surface area contributed by atoms with E-state index in [0.717, 1.165) is 16.6 Å². The molecule has 1 aromatic rings. The van der Waals surface area contributed by atoms with Crippen molar-refractivity contribution in [1.82, 2.24) is 0 Å². The van der Waals surface area contributed by atoms with Crippen LogP contribution in [-0.4, -0.2) is 18.2 Å². The van der Waals surface area contributed by atoms with Gasteiger partial charge in [-0.05, 0) is 31.0 Å². The highest BCUT2D eigenvalue weighted by molar-refractivity contribution is 9.10. The van der Waals surface area contributed by atoms with Crippen LogP contribution in [0.5, 0.6) is 0 Å². The molecule has 4 heteroatoms. The van der Waals surface area contributed by atoms with Crippen molar-refractivity contribution in [2.24, 2.45) is 5.92 Å². The summed E-state index contributed by atoms with van der Waals surface area (Å²) in [6, 6.07) is 7.64. The second kappa shape index (κ2) is 5.65. The van der Waals surface area contributed by atoms with Crippen molar-refractivity contribution in [3.05, 3.63) is 28.7 Å². The number of piperidine rings is 1. The molecule has 1 heterocycles. The van der Waals surface area contributed by atoms with Gasteiger partial charge in [-0.15, -0.1) is 0 Å². The summed E-state index contributed by atoms with van der Waals surface area (Å²) in [5.74, 6) is -0.436. The normalized spacial score (nSPS) is 20.0. The van der Waals surface area contributed by atoms with Gasteiger partial charge in [0.15, 0.2) is 0 Å². The first-order valence-electron chi connectivity index (χ1n) is 6.23. The van der Waals surface area contributed by atoms with Gasteiger partial charge in [0.2, 0.25) is 5.91 Å². The van der Waals surface area contributed by atoms with Crippen molar-refractivity contribution in [3.63, 3.8) is 0 Å². The molecule has 0 saturated carbocycles. The first-order valence-corrected chi connectivity index (χ1v) is 7.02. The predicted molar refractivity (Wildman–Crippen MR) is 74.5 cm³/mol. The number of carbonyl (C=O) groups excluding carboxylic acids is 2. The van der Waals surface area contributed by atoms with Gasteiger partial charge in [-0.25, -0.2) is 0 Å². The molecule has 0 N–H and O–H groups in total. The average molecular weight is 310 g/mol. The fourth-order valence-electron chi connectivity index (χ4n) is 2.32. The number of amides is 1. The molecule has 0 radical (unpaired) electrons. The summed E-state index contributed by atoms with van der Waals surface area (Å²) in [6.07, 6.45) is 2.01. The van der Waals surface area contributed by atoms with Gasteiger partial charge < -0.3 is 4.90 Å². The van der Waals surface area contributed by atoms with E-state index >= 15 is 0 Å². The lowest BCUT2D eigenvalue weighted by atomic mass is 9.91. The van der Waals surface area contributed by atoms with Crippen LogP contribution in [0, 0.1) is 5.92 Å². The number of Topliss-reactive ketones (excluding diaryl/α,β-unsaturated/α-hetero) is 1. The minimum absolute atomic E-state index is 0.0498. The Kier molecular flexibility index (Phi) is 4.17. The first kappa shape index (κ1) is 13.3. The van der Waals surface area contributed by atoms with Crippen LogP contribution in [0.3, 0.4) is 0 Å². The Morgan fingerprint density at radius 1 is 1.50 bits per heavy atom. The van der Waals surface area contributed by atoms with Crippen molar-refractivity contribution in [2.45, 2.75) is 26.2 Å². The zero-order chi connectivity index (χ0) is 13.1. The van der Waals surface area contributed by atoms with Crippen LogP contribution >= 0.6 is 15.9 Å². The van der Waals surface area contributed by atoms with Crippen molar-refractivity contribution in [2.75, 3.05) is 11.4 Å². The molecule has 0 spiro atoms. The lowest BCUT2D eigenvalue weighted by molar-refractivity contribution is -0.133. The number of ketones is 1. The van der Waals surface area contributed by atoms with E-state index in [-0.39, 0.29) is 11.7 Å². The summed E-state index contributed by atoms with van der Waals surface area (Å²) in [6.45, 7) is 2.51. The SMILES string of the molecule is CCC(=O)[C@@H]1CCCN(c2cccc(Br)c2)C1=O. The minimum atomic E-state index is -0.442. The molecule has 0 unspecified atom stereocenters. The molecule has 1 fully saturated rings. The molecule has 0 bridgehead atoms. The van der Waals surface area contributed by atoms with Gasteiger partial charge in [0.05, 0.1) is 5.92 Å². The Balaban J connectivity index is 2.23. The van der Waals surface area contributed by atoms with Crippen molar-refractivity contribution < 1.29 is 9.59 Å². The maximum Gasteiger partial charge on any atom is 0.237 e. The van der Waals surface area contributed by atoms with E-state index in [1.165, 1.54) is 0 Å². The molecule has 1 saturated heterocycles. The largest absolute Gasteiger partial charge is 0.312 e. The molecule has 1 amide bonds. The summed E-state index contributed by atoms with van der Waals surface area (Å²) in [5, 5.41) is 0. The monoisotopic (exact) mass is 309 g/mol. The van der Waals surface area contributed by atoms with Crippen LogP contribution in [-0.2, 0) is 9.59 Å². The number of anilines is 1. The van der Waals surface area contributed by atoms with Gasteiger partial charge in [-0.3, -0.25) is 9.59 Å². The molecule has 1 aliphatic heterocycles. The lowest BCUT2D eigenvalue weighted by Gasteiger charge is -2.31. The molecule has 0 aliphatic carbocycles. The number of carbonyl (C=O) groups is 2. The minimum Gasteiger partial charge on any atom is -0.312 e. The van der Waals surface area contributed by atoms with E-state index < -0.39 is 5.92 Å². The predicted octanol–water partition coefficient (Wildman–Crippen LogP) is 3.17. The molecular formula is C14H16BrNO2. The highest BCUT2D eigenvalue weighted by atomic mass is 79.9. The van der Waals surface area contributed by atoms with Crippen molar-refractivity contribution in [3.8, 4) is 0 Å². The molecule has 1 aromatic carbocycles. The standard InChI is InChI=1S/C14H16BrNO2/c1-2-13(17)12-7-4-8-16(14(12)18)11-6-3-5-10(15)9-11/h3,5-6,9,12H,2,4,7-8H2,1H3/t12-/m0/s1. The zero-order valence-corrected chi connectivity index (χ0v) is 11.9. The van der Waals surface area contributed by atoms with E-state index in [0.29, 0.717) is 19.4 Å².